The van der Waals surface area contributed by atoms with Gasteiger partial charge >= 0.3 is 0 Å². The second-order valence-electron chi connectivity index (χ2n) is 7.04. The first kappa shape index (κ1) is 18.8. The maximum atomic E-state index is 12.7. The maximum Gasteiger partial charge on any atom is 0.251 e. The molecule has 0 atom stereocenters. The van der Waals surface area contributed by atoms with Gasteiger partial charge in [0.15, 0.2) is 0 Å². The fourth-order valence-corrected chi connectivity index (χ4v) is 2.52. The number of carbonyl (C=O) groups excluding carboxylic acids is 1. The SMILES string of the molecule is C=N/C(NC1(C)CC1)=C(\C)C(C(=O)NCc1ccc(C)nn1)=C(C)C. The summed E-state index contributed by atoms with van der Waals surface area (Å²) in [5.74, 6) is 0.519. The van der Waals surface area contributed by atoms with E-state index in [2.05, 4.69) is 39.5 Å². The molecule has 1 fully saturated rings. The smallest absolute Gasteiger partial charge is 0.251 e. The molecule has 1 aliphatic carbocycles. The standard InChI is InChI=1S/C19H27N5O/c1-12(2)16(14(4)17(20-6)22-19(5)9-10-19)18(25)21-11-15-8-7-13(3)23-24-15/h7-8,22H,6,9-11H2,1-5H3,(H,21,25)/b17-14-. The number of hydrogen-bond acceptors (Lipinski definition) is 5. The number of aromatic nitrogens is 2. The molecule has 1 aromatic rings. The molecule has 0 unspecified atom stereocenters. The summed E-state index contributed by atoms with van der Waals surface area (Å²) >= 11 is 0. The molecule has 2 rings (SSSR count). The van der Waals surface area contributed by atoms with Crippen molar-refractivity contribution in [2.75, 3.05) is 0 Å². The molecule has 1 amide bonds. The normalized spacial score (nSPS) is 15.7. The zero-order valence-corrected chi connectivity index (χ0v) is 15.7. The van der Waals surface area contributed by atoms with E-state index < -0.39 is 0 Å². The lowest BCUT2D eigenvalue weighted by Crippen LogP contribution is -2.30. The third-order valence-corrected chi connectivity index (χ3v) is 4.32. The van der Waals surface area contributed by atoms with Crippen LogP contribution >= 0.6 is 0 Å². The van der Waals surface area contributed by atoms with Crippen molar-refractivity contribution in [1.82, 2.24) is 20.8 Å². The van der Waals surface area contributed by atoms with Gasteiger partial charge in [0.05, 0.1) is 17.9 Å². The number of amides is 1. The Kier molecular flexibility index (Phi) is 5.72. The van der Waals surface area contributed by atoms with Gasteiger partial charge in [-0.25, -0.2) is 4.99 Å². The van der Waals surface area contributed by atoms with Crippen molar-refractivity contribution >= 4 is 12.6 Å². The van der Waals surface area contributed by atoms with E-state index in [1.54, 1.807) is 0 Å². The highest BCUT2D eigenvalue weighted by atomic mass is 16.1. The fraction of sp³-hybridized carbons (Fsp3) is 0.474. The molecule has 6 heteroatoms. The summed E-state index contributed by atoms with van der Waals surface area (Å²) in [7, 11) is 0. The molecule has 0 aromatic carbocycles. The molecule has 0 saturated heterocycles. The number of allylic oxidation sites excluding steroid dienone is 1. The Morgan fingerprint density at radius 3 is 2.44 bits per heavy atom. The molecule has 1 aliphatic rings. The van der Waals surface area contributed by atoms with Crippen LogP contribution in [0.5, 0.6) is 0 Å². The second-order valence-corrected chi connectivity index (χ2v) is 7.04. The summed E-state index contributed by atoms with van der Waals surface area (Å²) in [5, 5.41) is 14.4. The number of aryl methyl sites for hydroxylation is 1. The van der Waals surface area contributed by atoms with Crippen molar-refractivity contribution < 1.29 is 4.79 Å². The molecule has 0 spiro atoms. The first-order valence-corrected chi connectivity index (χ1v) is 8.47. The van der Waals surface area contributed by atoms with Crippen molar-refractivity contribution in [3.63, 3.8) is 0 Å². The van der Waals surface area contributed by atoms with E-state index in [9.17, 15) is 4.79 Å². The van der Waals surface area contributed by atoms with Crippen LogP contribution in [0, 0.1) is 6.92 Å². The Labute approximate surface area is 149 Å². The lowest BCUT2D eigenvalue weighted by Gasteiger charge is -2.18. The van der Waals surface area contributed by atoms with E-state index >= 15 is 0 Å². The van der Waals surface area contributed by atoms with Gasteiger partial charge in [-0.15, -0.1) is 0 Å². The van der Waals surface area contributed by atoms with Gasteiger partial charge in [0.1, 0.15) is 5.82 Å². The van der Waals surface area contributed by atoms with Crippen LogP contribution in [0.1, 0.15) is 51.9 Å². The Morgan fingerprint density at radius 1 is 1.28 bits per heavy atom. The van der Waals surface area contributed by atoms with E-state index in [-0.39, 0.29) is 11.4 Å². The molecule has 25 heavy (non-hydrogen) atoms. The van der Waals surface area contributed by atoms with Crippen LogP contribution in [0.2, 0.25) is 0 Å². The highest BCUT2D eigenvalue weighted by Gasteiger charge is 2.38. The summed E-state index contributed by atoms with van der Waals surface area (Å²) in [6, 6.07) is 3.74. The lowest BCUT2D eigenvalue weighted by atomic mass is 10.0. The molecule has 1 aromatic heterocycles. The first-order chi connectivity index (χ1) is 11.8. The van der Waals surface area contributed by atoms with Crippen molar-refractivity contribution in [1.29, 1.82) is 0 Å². The summed E-state index contributed by atoms with van der Waals surface area (Å²) in [6.07, 6.45) is 2.20. The molecule has 0 radical (unpaired) electrons. The van der Waals surface area contributed by atoms with Crippen LogP contribution in [0.4, 0.5) is 0 Å². The third kappa shape index (κ3) is 4.98. The summed E-state index contributed by atoms with van der Waals surface area (Å²) in [6.45, 7) is 13.7. The van der Waals surface area contributed by atoms with E-state index in [0.717, 1.165) is 35.4 Å². The highest BCUT2D eigenvalue weighted by Crippen LogP contribution is 2.36. The predicted octanol–water partition coefficient (Wildman–Crippen LogP) is 2.81. The largest absolute Gasteiger partial charge is 0.365 e. The highest BCUT2D eigenvalue weighted by molar-refractivity contribution is 5.98. The zero-order valence-electron chi connectivity index (χ0n) is 15.7. The van der Waals surface area contributed by atoms with Gasteiger partial charge < -0.3 is 10.6 Å². The minimum absolute atomic E-state index is 0.0680. The lowest BCUT2D eigenvalue weighted by molar-refractivity contribution is -0.117. The molecule has 0 bridgehead atoms. The number of hydrogen-bond donors (Lipinski definition) is 2. The number of rotatable bonds is 7. The second kappa shape index (κ2) is 7.59. The van der Waals surface area contributed by atoms with Crippen LogP contribution in [0.25, 0.3) is 0 Å². The fourth-order valence-electron chi connectivity index (χ4n) is 2.52. The van der Waals surface area contributed by atoms with Crippen LogP contribution < -0.4 is 10.6 Å². The van der Waals surface area contributed by atoms with Crippen molar-refractivity contribution in [3.8, 4) is 0 Å². The van der Waals surface area contributed by atoms with Gasteiger partial charge in [0.2, 0.25) is 0 Å². The average Bonchev–Trinajstić information content (AvgIpc) is 3.29. The van der Waals surface area contributed by atoms with Gasteiger partial charge in [-0.3, -0.25) is 4.79 Å². The Hall–Kier alpha value is -2.50. The number of aliphatic imine (C=N–C) groups is 1. The van der Waals surface area contributed by atoms with E-state index in [1.807, 2.05) is 39.8 Å². The third-order valence-electron chi connectivity index (χ3n) is 4.32. The van der Waals surface area contributed by atoms with Crippen LogP contribution in [-0.2, 0) is 11.3 Å². The van der Waals surface area contributed by atoms with E-state index in [0.29, 0.717) is 17.9 Å². The topological polar surface area (TPSA) is 79.3 Å². The molecule has 6 nitrogen and oxygen atoms in total. The molecular formula is C19H27N5O. The Bertz CT molecular complexity index is 723. The Balaban J connectivity index is 2.15. The summed E-state index contributed by atoms with van der Waals surface area (Å²) in [5.41, 5.74) is 3.99. The predicted molar refractivity (Wildman–Crippen MR) is 100 cm³/mol. The van der Waals surface area contributed by atoms with Crippen LogP contribution in [-0.4, -0.2) is 28.4 Å². The van der Waals surface area contributed by atoms with Gasteiger partial charge in [-0.1, -0.05) is 5.57 Å². The Morgan fingerprint density at radius 2 is 1.96 bits per heavy atom. The number of nitrogens with zero attached hydrogens (tertiary/aromatic N) is 3. The number of nitrogens with one attached hydrogen (secondary N) is 2. The molecule has 2 N–H and O–H groups in total. The van der Waals surface area contributed by atoms with Gasteiger partial charge in [0.25, 0.3) is 5.91 Å². The van der Waals surface area contributed by atoms with Crippen LogP contribution in [0.15, 0.2) is 39.7 Å². The molecule has 0 aliphatic heterocycles. The van der Waals surface area contributed by atoms with Crippen molar-refractivity contribution in [2.24, 2.45) is 4.99 Å². The van der Waals surface area contributed by atoms with E-state index in [1.165, 1.54) is 0 Å². The van der Waals surface area contributed by atoms with Gasteiger partial charge in [0, 0.05) is 16.7 Å². The molecule has 134 valence electrons. The average molecular weight is 341 g/mol. The quantitative estimate of drug-likeness (QED) is 0.454. The monoisotopic (exact) mass is 341 g/mol. The van der Waals surface area contributed by atoms with Crippen LogP contribution in [0.3, 0.4) is 0 Å². The minimum Gasteiger partial charge on any atom is -0.365 e. The van der Waals surface area contributed by atoms with E-state index in [4.69, 9.17) is 0 Å². The molecule has 1 heterocycles. The first-order valence-electron chi connectivity index (χ1n) is 8.47. The molecular weight excluding hydrogens is 314 g/mol. The van der Waals surface area contributed by atoms with Crippen molar-refractivity contribution in [2.45, 2.75) is 59.5 Å². The molecule has 1 saturated carbocycles. The van der Waals surface area contributed by atoms with Gasteiger partial charge in [-0.05, 0) is 66.3 Å². The maximum absolute atomic E-state index is 12.7. The minimum atomic E-state index is -0.149. The summed E-state index contributed by atoms with van der Waals surface area (Å²) < 4.78 is 0. The van der Waals surface area contributed by atoms with Crippen molar-refractivity contribution in [3.05, 3.63) is 46.1 Å². The number of carbonyl (C=O) groups is 1. The zero-order chi connectivity index (χ0) is 18.6. The summed E-state index contributed by atoms with van der Waals surface area (Å²) in [4.78, 5) is 16.8. The van der Waals surface area contributed by atoms with Gasteiger partial charge in [-0.2, -0.15) is 10.2 Å².